The molecule has 0 amide bonds. The first-order chi connectivity index (χ1) is 6.56. The summed E-state index contributed by atoms with van der Waals surface area (Å²) < 4.78 is 0. The Morgan fingerprint density at radius 1 is 1.43 bits per heavy atom. The van der Waals surface area contributed by atoms with Crippen LogP contribution in [0.25, 0.3) is 0 Å². The van der Waals surface area contributed by atoms with Crippen LogP contribution in [-0.4, -0.2) is 5.78 Å². The van der Waals surface area contributed by atoms with Gasteiger partial charge >= 0.3 is 0 Å². The Labute approximate surface area is 85.3 Å². The van der Waals surface area contributed by atoms with E-state index in [9.17, 15) is 4.79 Å². The van der Waals surface area contributed by atoms with Gasteiger partial charge in [-0.1, -0.05) is 20.3 Å². The summed E-state index contributed by atoms with van der Waals surface area (Å²) in [6, 6.07) is 2.21. The van der Waals surface area contributed by atoms with E-state index in [1.807, 2.05) is 0 Å². The first kappa shape index (κ1) is 9.71. The maximum absolute atomic E-state index is 12.0. The summed E-state index contributed by atoms with van der Waals surface area (Å²) in [6.07, 6.45) is 4.45. The maximum atomic E-state index is 12.0. The molecule has 2 aliphatic rings. The lowest BCUT2D eigenvalue weighted by atomic mass is 9.62. The quantitative estimate of drug-likeness (QED) is 0.590. The predicted octanol–water partition coefficient (Wildman–Crippen LogP) is 2.54. The molecule has 2 fully saturated rings. The molecule has 0 saturated heterocycles. The fourth-order valence-electron chi connectivity index (χ4n) is 3.29. The molecule has 2 rings (SSSR count). The minimum Gasteiger partial charge on any atom is -0.298 e. The Balaban J connectivity index is 2.29. The average molecular weight is 191 g/mol. The number of rotatable bonds is 0. The highest BCUT2D eigenvalue weighted by Crippen LogP contribution is 2.49. The summed E-state index contributed by atoms with van der Waals surface area (Å²) in [6.45, 7) is 4.13. The van der Waals surface area contributed by atoms with Gasteiger partial charge in [-0.2, -0.15) is 5.26 Å². The molecule has 0 aromatic carbocycles. The Morgan fingerprint density at radius 2 is 2.14 bits per heavy atom. The number of nitriles is 1. The zero-order valence-electron chi connectivity index (χ0n) is 8.92. The van der Waals surface area contributed by atoms with Crippen molar-refractivity contribution in [1.82, 2.24) is 0 Å². The van der Waals surface area contributed by atoms with Crippen LogP contribution in [0.3, 0.4) is 0 Å². The fraction of sp³-hybridized carbons (Fsp3) is 0.833. The second-order valence-corrected chi connectivity index (χ2v) is 5.45. The third-order valence-corrected chi connectivity index (χ3v) is 4.01. The molecule has 0 aliphatic heterocycles. The summed E-state index contributed by atoms with van der Waals surface area (Å²) >= 11 is 0. The van der Waals surface area contributed by atoms with Crippen molar-refractivity contribution >= 4 is 5.78 Å². The monoisotopic (exact) mass is 191 g/mol. The molecule has 0 aromatic rings. The molecule has 3 atom stereocenters. The number of hydrogen-bond acceptors (Lipinski definition) is 2. The van der Waals surface area contributed by atoms with Crippen LogP contribution in [-0.2, 0) is 4.79 Å². The minimum atomic E-state index is -0.359. The third-order valence-electron chi connectivity index (χ3n) is 4.01. The van der Waals surface area contributed by atoms with E-state index in [0.29, 0.717) is 5.92 Å². The average Bonchev–Trinajstić information content (AvgIpc) is 2.51. The van der Waals surface area contributed by atoms with Crippen molar-refractivity contribution in [3.05, 3.63) is 0 Å². The lowest BCUT2D eigenvalue weighted by Gasteiger charge is -2.39. The van der Waals surface area contributed by atoms with E-state index < -0.39 is 0 Å². The van der Waals surface area contributed by atoms with Crippen LogP contribution in [0.2, 0.25) is 0 Å². The maximum Gasteiger partial charge on any atom is 0.153 e. The van der Waals surface area contributed by atoms with E-state index in [2.05, 4.69) is 19.9 Å². The van der Waals surface area contributed by atoms with E-state index >= 15 is 0 Å². The van der Waals surface area contributed by atoms with Gasteiger partial charge in [0.25, 0.3) is 0 Å². The van der Waals surface area contributed by atoms with E-state index in [0.717, 1.165) is 12.8 Å². The van der Waals surface area contributed by atoms with Crippen molar-refractivity contribution in [1.29, 1.82) is 5.26 Å². The number of carbonyl (C=O) groups is 1. The van der Waals surface area contributed by atoms with Gasteiger partial charge in [-0.15, -0.1) is 0 Å². The summed E-state index contributed by atoms with van der Waals surface area (Å²) in [4.78, 5) is 12.0. The third kappa shape index (κ3) is 1.27. The highest BCUT2D eigenvalue weighted by atomic mass is 16.1. The van der Waals surface area contributed by atoms with Crippen molar-refractivity contribution in [3.63, 3.8) is 0 Å². The summed E-state index contributed by atoms with van der Waals surface area (Å²) in [7, 11) is 0. The van der Waals surface area contributed by atoms with Crippen molar-refractivity contribution in [2.45, 2.75) is 39.5 Å². The number of hydrogen-bond donors (Lipinski definition) is 0. The van der Waals surface area contributed by atoms with Crippen molar-refractivity contribution in [2.75, 3.05) is 0 Å². The zero-order valence-corrected chi connectivity index (χ0v) is 8.92. The van der Waals surface area contributed by atoms with Gasteiger partial charge in [-0.25, -0.2) is 0 Å². The van der Waals surface area contributed by atoms with Gasteiger partial charge in [0.2, 0.25) is 0 Å². The van der Waals surface area contributed by atoms with Gasteiger partial charge in [0.15, 0.2) is 5.78 Å². The second kappa shape index (κ2) is 3.08. The van der Waals surface area contributed by atoms with Crippen molar-refractivity contribution < 1.29 is 4.79 Å². The Morgan fingerprint density at radius 3 is 2.79 bits per heavy atom. The van der Waals surface area contributed by atoms with Gasteiger partial charge in [0.05, 0.1) is 6.07 Å². The zero-order chi connectivity index (χ0) is 10.3. The molecule has 2 heteroatoms. The summed E-state index contributed by atoms with van der Waals surface area (Å²) in [5.74, 6) is 0.655. The van der Waals surface area contributed by atoms with Gasteiger partial charge in [-0.05, 0) is 30.6 Å². The largest absolute Gasteiger partial charge is 0.298 e. The Hall–Kier alpha value is -0.840. The topological polar surface area (TPSA) is 40.9 Å². The molecule has 2 saturated carbocycles. The number of fused-ring (bicyclic) bond motifs is 1. The van der Waals surface area contributed by atoms with E-state index in [1.54, 1.807) is 0 Å². The molecule has 0 radical (unpaired) electrons. The molecule has 14 heavy (non-hydrogen) atoms. The van der Waals surface area contributed by atoms with E-state index in [1.165, 1.54) is 12.8 Å². The van der Waals surface area contributed by atoms with E-state index in [4.69, 9.17) is 5.26 Å². The SMILES string of the molecule is CC1(C)C[C@H]2CCC[C@@H]2C(=O)[C@@H]1C#N. The molecular weight excluding hydrogens is 174 g/mol. The van der Waals surface area contributed by atoms with Gasteiger partial charge in [0.1, 0.15) is 5.92 Å². The second-order valence-electron chi connectivity index (χ2n) is 5.45. The minimum absolute atomic E-state index is 0.0999. The van der Waals surface area contributed by atoms with Crippen LogP contribution in [0, 0.1) is 34.5 Å². The van der Waals surface area contributed by atoms with Gasteiger partial charge < -0.3 is 0 Å². The van der Waals surface area contributed by atoms with Crippen LogP contribution >= 0.6 is 0 Å². The molecule has 0 bridgehead atoms. The molecule has 0 aromatic heterocycles. The smallest absolute Gasteiger partial charge is 0.153 e. The Bertz CT molecular complexity index is 300. The lowest BCUT2D eigenvalue weighted by Crippen LogP contribution is -2.42. The summed E-state index contributed by atoms with van der Waals surface area (Å²) in [5.41, 5.74) is -0.0999. The highest BCUT2D eigenvalue weighted by Gasteiger charge is 2.49. The van der Waals surface area contributed by atoms with Crippen LogP contribution < -0.4 is 0 Å². The molecule has 0 N–H and O–H groups in total. The fourth-order valence-corrected chi connectivity index (χ4v) is 3.29. The van der Waals surface area contributed by atoms with Crippen LogP contribution in [0.4, 0.5) is 0 Å². The number of ketones is 1. The molecular formula is C12H17NO. The normalized spacial score (nSPS) is 40.4. The molecule has 0 heterocycles. The molecule has 0 unspecified atom stereocenters. The van der Waals surface area contributed by atoms with Crippen LogP contribution in [0.1, 0.15) is 39.5 Å². The highest BCUT2D eigenvalue weighted by molar-refractivity contribution is 5.87. The predicted molar refractivity (Wildman–Crippen MR) is 53.3 cm³/mol. The first-order valence-corrected chi connectivity index (χ1v) is 5.49. The standard InChI is InChI=1S/C12H17NO/c1-12(2)6-8-4-3-5-9(8)11(14)10(12)7-13/h8-10H,3-6H2,1-2H3/t8-,9+,10+/m1/s1. The summed E-state index contributed by atoms with van der Waals surface area (Å²) in [5, 5.41) is 9.05. The molecule has 2 nitrogen and oxygen atoms in total. The Kier molecular flexibility index (Phi) is 2.14. The lowest BCUT2D eigenvalue weighted by molar-refractivity contribution is -0.133. The van der Waals surface area contributed by atoms with Crippen LogP contribution in [0.15, 0.2) is 0 Å². The first-order valence-electron chi connectivity index (χ1n) is 5.49. The number of carbonyl (C=O) groups excluding carboxylic acids is 1. The van der Waals surface area contributed by atoms with Crippen LogP contribution in [0.5, 0.6) is 0 Å². The van der Waals surface area contributed by atoms with Crippen molar-refractivity contribution in [3.8, 4) is 6.07 Å². The van der Waals surface area contributed by atoms with Gasteiger partial charge in [-0.3, -0.25) is 4.79 Å². The number of Topliss-reactive ketones (excluding diaryl/α,β-unsaturated/α-hetero) is 1. The number of nitrogens with zero attached hydrogens (tertiary/aromatic N) is 1. The molecule has 0 spiro atoms. The van der Waals surface area contributed by atoms with E-state index in [-0.39, 0.29) is 23.0 Å². The van der Waals surface area contributed by atoms with Crippen molar-refractivity contribution in [2.24, 2.45) is 23.2 Å². The molecule has 76 valence electrons. The van der Waals surface area contributed by atoms with Gasteiger partial charge in [0, 0.05) is 5.92 Å². The molecule has 2 aliphatic carbocycles.